The molecule has 11 rings (SSSR count). The van der Waals surface area contributed by atoms with Crippen molar-refractivity contribution in [2.75, 3.05) is 72.9 Å². The third kappa shape index (κ3) is 7.37. The van der Waals surface area contributed by atoms with Crippen molar-refractivity contribution in [3.63, 3.8) is 0 Å². The molecule has 15 nitrogen and oxygen atoms in total. The predicted octanol–water partition coefficient (Wildman–Crippen LogP) is 6.17. The molecule has 0 radical (unpaired) electrons. The first-order valence-corrected chi connectivity index (χ1v) is 23.0. The largest absolute Gasteiger partial charge is 0.480 e. The quantitative estimate of drug-likeness (QED) is 0.153. The summed E-state index contributed by atoms with van der Waals surface area (Å²) in [5, 5.41) is 15.5. The monoisotopic (exact) mass is 895 g/mol. The maximum Gasteiger partial charge on any atom is 0.301 e. The Bertz CT molecular complexity index is 2750. The second-order valence-electron chi connectivity index (χ2n) is 19.1. The van der Waals surface area contributed by atoms with Crippen molar-refractivity contribution in [3.8, 4) is 5.75 Å². The van der Waals surface area contributed by atoms with Gasteiger partial charge in [-0.3, -0.25) is 29.3 Å². The zero-order chi connectivity index (χ0) is 44.1. The van der Waals surface area contributed by atoms with E-state index in [1.165, 1.54) is 17.4 Å². The zero-order valence-corrected chi connectivity index (χ0v) is 36.8. The number of ether oxygens (including phenoxy) is 1. The van der Waals surface area contributed by atoms with Crippen LogP contribution in [0, 0.1) is 17.3 Å². The standard InChI is InChI=1S/C46H52ClF2N11O4/c1-56-34-9-5-28(19-32(34)38-39(43(56)63)64-25-46(48,49)40(53-38)27-3-4-27)51-41-33(47)23-50-44(54-41)60-13-11-45(12-14-60)21-26(22-45)24-58-15-17-59(18-16-58)29-6-7-30-35(20-29)57(2)55-37(30)31-8-10-36(61)52-42(31)62/h5-7,9,19-20,23,26-27,31,40,53H,3-4,8,10-18,21-22,24-25H2,1-2H3,(H,50,51,54)(H,52,61,62)/t31?,40-/m0/s1. The summed E-state index contributed by atoms with van der Waals surface area (Å²) in [5.74, 6) is -2.57. The first-order valence-electron chi connectivity index (χ1n) is 22.6. The molecular formula is C46H52ClF2N11O4. The van der Waals surface area contributed by atoms with Gasteiger partial charge in [-0.15, -0.1) is 0 Å². The Morgan fingerprint density at radius 3 is 2.45 bits per heavy atom. The van der Waals surface area contributed by atoms with Gasteiger partial charge in [-0.25, -0.2) is 13.8 Å². The second-order valence-corrected chi connectivity index (χ2v) is 19.5. The van der Waals surface area contributed by atoms with Gasteiger partial charge < -0.3 is 29.7 Å². The Balaban J connectivity index is 0.693. The third-order valence-corrected chi connectivity index (χ3v) is 15.1. The van der Waals surface area contributed by atoms with Crippen LogP contribution < -0.4 is 36.0 Å². The van der Waals surface area contributed by atoms with E-state index >= 15 is 8.78 Å². The van der Waals surface area contributed by atoms with Gasteiger partial charge in [0.05, 0.1) is 40.6 Å². The molecule has 0 bridgehead atoms. The van der Waals surface area contributed by atoms with Crippen LogP contribution in [0.5, 0.6) is 5.75 Å². The van der Waals surface area contributed by atoms with Crippen LogP contribution in [-0.4, -0.2) is 105 Å². The van der Waals surface area contributed by atoms with Gasteiger partial charge in [-0.05, 0) is 98.6 Å². The van der Waals surface area contributed by atoms with Gasteiger partial charge >= 0.3 is 5.92 Å². The lowest BCUT2D eigenvalue weighted by Gasteiger charge is -2.53. The van der Waals surface area contributed by atoms with Crippen LogP contribution in [0.3, 0.4) is 0 Å². The molecule has 3 N–H and O–H groups in total. The van der Waals surface area contributed by atoms with Crippen LogP contribution >= 0.6 is 11.6 Å². The van der Waals surface area contributed by atoms with Crippen molar-refractivity contribution in [1.29, 1.82) is 0 Å². The number of halogens is 3. The number of amides is 2. The normalized spacial score (nSPS) is 23.6. The van der Waals surface area contributed by atoms with E-state index in [4.69, 9.17) is 26.4 Å². The number of piperidine rings is 2. The molecule has 2 atom stereocenters. The van der Waals surface area contributed by atoms with Crippen LogP contribution in [0.15, 0.2) is 47.4 Å². The number of nitrogens with zero attached hydrogens (tertiary/aromatic N) is 8. The average molecular weight is 896 g/mol. The highest BCUT2D eigenvalue weighted by atomic mass is 35.5. The molecule has 4 aliphatic heterocycles. The number of rotatable bonds is 8. The van der Waals surface area contributed by atoms with Gasteiger partial charge in [0.2, 0.25) is 23.5 Å². The number of carbonyl (C=O) groups is 2. The van der Waals surface area contributed by atoms with Crippen molar-refractivity contribution in [3.05, 3.63) is 63.7 Å². The number of nitrogens with one attached hydrogen (secondary N) is 3. The summed E-state index contributed by atoms with van der Waals surface area (Å²) in [4.78, 5) is 54.3. The van der Waals surface area contributed by atoms with Crippen LogP contribution in [0.1, 0.15) is 63.0 Å². The predicted molar refractivity (Wildman–Crippen MR) is 241 cm³/mol. The number of imide groups is 1. The minimum Gasteiger partial charge on any atom is -0.480 e. The van der Waals surface area contributed by atoms with Crippen LogP contribution in [-0.2, 0) is 23.7 Å². The van der Waals surface area contributed by atoms with Crippen molar-refractivity contribution >= 4 is 74.0 Å². The Morgan fingerprint density at radius 1 is 0.922 bits per heavy atom. The molecule has 18 heteroatoms. The minimum atomic E-state index is -3.12. The van der Waals surface area contributed by atoms with Crippen LogP contribution in [0.4, 0.5) is 37.6 Å². The molecule has 336 valence electrons. The number of carbonyl (C=O) groups excluding carboxylic acids is 2. The van der Waals surface area contributed by atoms with Crippen molar-refractivity contribution in [1.82, 2.24) is 34.5 Å². The lowest BCUT2D eigenvalue weighted by atomic mass is 9.57. The Morgan fingerprint density at radius 2 is 1.70 bits per heavy atom. The van der Waals surface area contributed by atoms with Gasteiger partial charge in [-0.2, -0.15) is 10.1 Å². The topological polar surface area (TPSA) is 155 Å². The van der Waals surface area contributed by atoms with E-state index in [0.717, 1.165) is 80.9 Å². The number of alkyl halides is 2. The summed E-state index contributed by atoms with van der Waals surface area (Å²) in [7, 11) is 3.53. The first kappa shape index (κ1) is 41.2. The molecule has 2 amide bonds. The number of hydrogen-bond acceptors (Lipinski definition) is 12. The Labute approximate surface area is 373 Å². The Kier molecular flexibility index (Phi) is 10.0. The molecule has 64 heavy (non-hydrogen) atoms. The maximum absolute atomic E-state index is 15.2. The molecule has 1 unspecified atom stereocenters. The number of aromatic nitrogens is 5. The van der Waals surface area contributed by atoms with Gasteiger partial charge in [-0.1, -0.05) is 11.6 Å². The maximum atomic E-state index is 15.2. The highest BCUT2D eigenvalue weighted by Gasteiger charge is 2.51. The minimum absolute atomic E-state index is 0.0985. The van der Waals surface area contributed by atoms with E-state index in [1.807, 2.05) is 23.9 Å². The SMILES string of the molecule is Cn1nc(C2CCC(=O)NC2=O)c2ccc(N3CCN(CC4CC5(CCN(c6ncc(Cl)c(Nc7ccc8c(c7)c7c(c(=O)n8C)OCC(F)(F)[C@H](C8CC8)N7)n6)CC5)C4)CC3)cc21. The number of aryl methyl sites for hydroxylation is 2. The number of pyridine rings is 1. The fourth-order valence-electron chi connectivity index (χ4n) is 11.1. The lowest BCUT2D eigenvalue weighted by Crippen LogP contribution is -2.53. The fourth-order valence-corrected chi connectivity index (χ4v) is 11.3. The molecule has 3 saturated heterocycles. The van der Waals surface area contributed by atoms with Gasteiger partial charge in [0.25, 0.3) is 5.56 Å². The first-order chi connectivity index (χ1) is 30.8. The van der Waals surface area contributed by atoms with E-state index in [1.54, 1.807) is 19.3 Å². The summed E-state index contributed by atoms with van der Waals surface area (Å²) >= 11 is 6.65. The highest BCUT2D eigenvalue weighted by molar-refractivity contribution is 6.33. The molecule has 5 fully saturated rings. The summed E-state index contributed by atoms with van der Waals surface area (Å²) in [6.45, 7) is 5.91. The van der Waals surface area contributed by atoms with Crippen molar-refractivity contribution < 1.29 is 23.1 Å². The van der Waals surface area contributed by atoms with E-state index in [0.29, 0.717) is 70.4 Å². The number of fused-ring (bicyclic) bond motifs is 4. The second kappa shape index (κ2) is 15.6. The molecule has 5 aromatic rings. The number of anilines is 5. The fraction of sp³-hybridized carbons (Fsp3) is 0.522. The summed E-state index contributed by atoms with van der Waals surface area (Å²) in [6, 6.07) is 10.7. The molecule has 2 aromatic carbocycles. The van der Waals surface area contributed by atoms with Crippen LogP contribution in [0.25, 0.3) is 21.8 Å². The average Bonchev–Trinajstić information content (AvgIpc) is 4.08. The van der Waals surface area contributed by atoms with Gasteiger partial charge in [0.15, 0.2) is 12.4 Å². The number of hydrogen-bond donors (Lipinski definition) is 3. The molecular weight excluding hydrogens is 844 g/mol. The zero-order valence-electron chi connectivity index (χ0n) is 36.0. The van der Waals surface area contributed by atoms with E-state index in [9.17, 15) is 14.4 Å². The van der Waals surface area contributed by atoms with Crippen molar-refractivity contribution in [2.24, 2.45) is 31.3 Å². The molecule has 2 saturated carbocycles. The number of piperazine rings is 1. The third-order valence-electron chi connectivity index (χ3n) is 14.8. The Hall–Kier alpha value is -5.55. The molecule has 7 heterocycles. The molecule has 3 aromatic heterocycles. The lowest BCUT2D eigenvalue weighted by molar-refractivity contribution is -0.134. The molecule has 2 aliphatic carbocycles. The van der Waals surface area contributed by atoms with Crippen molar-refractivity contribution in [2.45, 2.75) is 69.2 Å². The highest BCUT2D eigenvalue weighted by Crippen LogP contribution is 2.53. The number of benzene rings is 2. The van der Waals surface area contributed by atoms with E-state index < -0.39 is 30.0 Å². The van der Waals surface area contributed by atoms with E-state index in [-0.39, 0.29) is 29.2 Å². The summed E-state index contributed by atoms with van der Waals surface area (Å²) < 4.78 is 39.2. The van der Waals surface area contributed by atoms with Gasteiger partial charge in [0.1, 0.15) is 5.02 Å². The van der Waals surface area contributed by atoms with Gasteiger partial charge in [0, 0.05) is 88.5 Å². The van der Waals surface area contributed by atoms with E-state index in [2.05, 4.69) is 53.8 Å². The molecule has 1 spiro atoms. The summed E-state index contributed by atoms with van der Waals surface area (Å²) in [5.41, 5.74) is 4.28. The summed E-state index contributed by atoms with van der Waals surface area (Å²) in [6.07, 6.45) is 8.47. The molecule has 6 aliphatic rings. The van der Waals surface area contributed by atoms with Crippen LogP contribution in [0.2, 0.25) is 5.02 Å². The smallest absolute Gasteiger partial charge is 0.301 e.